The molecule has 0 spiro atoms. The molecule has 0 amide bonds. The molecule has 0 bridgehead atoms. The van der Waals surface area contributed by atoms with Crippen molar-refractivity contribution < 1.29 is 0 Å². The number of rotatable bonds is 8. The van der Waals surface area contributed by atoms with E-state index in [0.29, 0.717) is 5.92 Å². The van der Waals surface area contributed by atoms with Crippen LogP contribution in [-0.2, 0) is 6.42 Å². The van der Waals surface area contributed by atoms with E-state index in [1.165, 1.54) is 11.1 Å². The Labute approximate surface area is 142 Å². The second-order valence-corrected chi connectivity index (χ2v) is 6.51. The van der Waals surface area contributed by atoms with Gasteiger partial charge in [0.25, 0.3) is 0 Å². The minimum absolute atomic E-state index is 0.449. The van der Waals surface area contributed by atoms with E-state index >= 15 is 0 Å². The zero-order chi connectivity index (χ0) is 16.5. The first-order valence-corrected chi connectivity index (χ1v) is 9.18. The molecule has 0 aliphatic carbocycles. The van der Waals surface area contributed by atoms with Crippen LogP contribution in [0.4, 0.5) is 0 Å². The Morgan fingerprint density at radius 2 is 2.30 bits per heavy atom. The van der Waals surface area contributed by atoms with Gasteiger partial charge in [-0.2, -0.15) is 16.4 Å². The van der Waals surface area contributed by atoms with E-state index < -0.39 is 0 Å². The summed E-state index contributed by atoms with van der Waals surface area (Å²) in [6.45, 7) is 8.95. The maximum atomic E-state index is 4.70. The molecule has 0 fully saturated rings. The molecule has 5 nitrogen and oxygen atoms in total. The summed E-state index contributed by atoms with van der Waals surface area (Å²) in [6, 6.07) is 2.18. The van der Waals surface area contributed by atoms with Gasteiger partial charge in [0.2, 0.25) is 0 Å². The van der Waals surface area contributed by atoms with Crippen molar-refractivity contribution in [1.82, 2.24) is 20.8 Å². The standard InChI is InChI=1S/C17H27N5S/c1-4-18-17(20-10-13(2)16-7-9-23-12-16)19-8-5-6-15-11-21-22-14(15)3/h7,9,11-13H,4-6,8,10H2,1-3H3,(H,21,22)(H2,18,19,20). The van der Waals surface area contributed by atoms with Crippen LogP contribution in [0.25, 0.3) is 0 Å². The Hall–Kier alpha value is -1.82. The SMILES string of the molecule is CCNC(=NCC(C)c1ccsc1)NCCCc1cn[nH]c1C. The first-order chi connectivity index (χ1) is 11.2. The molecule has 0 aliphatic rings. The van der Waals surface area contributed by atoms with Crippen LogP contribution >= 0.6 is 11.3 Å². The topological polar surface area (TPSA) is 65.1 Å². The van der Waals surface area contributed by atoms with E-state index in [-0.39, 0.29) is 0 Å². The molecule has 3 N–H and O–H groups in total. The minimum Gasteiger partial charge on any atom is -0.357 e. The summed E-state index contributed by atoms with van der Waals surface area (Å²) < 4.78 is 0. The third kappa shape index (κ3) is 5.71. The van der Waals surface area contributed by atoms with Crippen molar-refractivity contribution in [1.29, 1.82) is 0 Å². The predicted octanol–water partition coefficient (Wildman–Crippen LogP) is 3.07. The van der Waals surface area contributed by atoms with Crippen LogP contribution in [0.15, 0.2) is 28.0 Å². The number of hydrogen-bond acceptors (Lipinski definition) is 3. The molecule has 2 rings (SSSR count). The lowest BCUT2D eigenvalue weighted by Gasteiger charge is -2.13. The van der Waals surface area contributed by atoms with Crippen molar-refractivity contribution in [3.63, 3.8) is 0 Å². The summed E-state index contributed by atoms with van der Waals surface area (Å²) in [5.41, 5.74) is 3.82. The quantitative estimate of drug-likeness (QED) is 0.395. The van der Waals surface area contributed by atoms with Gasteiger partial charge in [-0.15, -0.1) is 0 Å². The Kier molecular flexibility index (Phi) is 7.13. The number of aryl methyl sites for hydroxylation is 2. The lowest BCUT2D eigenvalue weighted by atomic mass is 10.1. The van der Waals surface area contributed by atoms with Gasteiger partial charge in [-0.05, 0) is 54.6 Å². The average Bonchev–Trinajstić information content (AvgIpc) is 3.20. The highest BCUT2D eigenvalue weighted by atomic mass is 32.1. The smallest absolute Gasteiger partial charge is 0.191 e. The molecule has 0 aromatic carbocycles. The van der Waals surface area contributed by atoms with Crippen molar-refractivity contribution in [3.05, 3.63) is 39.8 Å². The van der Waals surface area contributed by atoms with E-state index in [1.54, 1.807) is 11.3 Å². The number of guanidine groups is 1. The number of thiophene rings is 1. The van der Waals surface area contributed by atoms with Gasteiger partial charge in [-0.3, -0.25) is 10.1 Å². The summed E-state index contributed by atoms with van der Waals surface area (Å²) in [7, 11) is 0. The van der Waals surface area contributed by atoms with Gasteiger partial charge in [0.15, 0.2) is 5.96 Å². The molecule has 23 heavy (non-hydrogen) atoms. The maximum Gasteiger partial charge on any atom is 0.191 e. The van der Waals surface area contributed by atoms with Gasteiger partial charge in [-0.25, -0.2) is 0 Å². The summed E-state index contributed by atoms with van der Waals surface area (Å²) in [6.07, 6.45) is 4.00. The summed E-state index contributed by atoms with van der Waals surface area (Å²) in [5.74, 6) is 1.35. The van der Waals surface area contributed by atoms with E-state index in [1.807, 2.05) is 6.20 Å². The average molecular weight is 334 g/mol. The van der Waals surface area contributed by atoms with Crippen LogP contribution in [-0.4, -0.2) is 35.8 Å². The fourth-order valence-corrected chi connectivity index (χ4v) is 3.13. The maximum absolute atomic E-state index is 4.70. The van der Waals surface area contributed by atoms with Gasteiger partial charge in [0.1, 0.15) is 0 Å². The number of nitrogens with zero attached hydrogens (tertiary/aromatic N) is 2. The zero-order valence-corrected chi connectivity index (χ0v) is 15.0. The second kappa shape index (κ2) is 9.35. The second-order valence-electron chi connectivity index (χ2n) is 5.73. The summed E-state index contributed by atoms with van der Waals surface area (Å²) in [4.78, 5) is 4.70. The Morgan fingerprint density at radius 1 is 1.43 bits per heavy atom. The fraction of sp³-hybridized carbons (Fsp3) is 0.529. The monoisotopic (exact) mass is 333 g/mol. The van der Waals surface area contributed by atoms with Crippen LogP contribution in [0.5, 0.6) is 0 Å². The van der Waals surface area contributed by atoms with Gasteiger partial charge in [0, 0.05) is 31.2 Å². The predicted molar refractivity (Wildman–Crippen MR) is 98.4 cm³/mol. The van der Waals surface area contributed by atoms with Crippen LogP contribution < -0.4 is 10.6 Å². The number of aliphatic imine (C=N–C) groups is 1. The first kappa shape index (κ1) is 17.5. The minimum atomic E-state index is 0.449. The molecule has 2 aromatic rings. The van der Waals surface area contributed by atoms with Crippen LogP contribution in [0.1, 0.15) is 43.0 Å². The largest absolute Gasteiger partial charge is 0.357 e. The van der Waals surface area contributed by atoms with Crippen molar-refractivity contribution in [2.75, 3.05) is 19.6 Å². The fourth-order valence-electron chi connectivity index (χ4n) is 2.34. The Balaban J connectivity index is 1.76. The van der Waals surface area contributed by atoms with Crippen molar-refractivity contribution in [3.8, 4) is 0 Å². The van der Waals surface area contributed by atoms with Crippen LogP contribution in [0.3, 0.4) is 0 Å². The highest BCUT2D eigenvalue weighted by Gasteiger charge is 2.06. The number of hydrogen-bond donors (Lipinski definition) is 3. The number of H-pyrrole nitrogens is 1. The summed E-state index contributed by atoms with van der Waals surface area (Å²) >= 11 is 1.74. The molecule has 2 heterocycles. The molecule has 126 valence electrons. The molecular weight excluding hydrogens is 306 g/mol. The number of aromatic nitrogens is 2. The van der Waals surface area contributed by atoms with E-state index in [0.717, 1.165) is 44.1 Å². The van der Waals surface area contributed by atoms with Crippen LogP contribution in [0.2, 0.25) is 0 Å². The number of nitrogens with one attached hydrogen (secondary N) is 3. The highest BCUT2D eigenvalue weighted by Crippen LogP contribution is 2.18. The molecular formula is C17H27N5S. The van der Waals surface area contributed by atoms with Crippen molar-refractivity contribution in [2.24, 2.45) is 4.99 Å². The van der Waals surface area contributed by atoms with E-state index in [2.05, 4.69) is 58.4 Å². The molecule has 0 saturated carbocycles. The summed E-state index contributed by atoms with van der Waals surface area (Å²) in [5, 5.41) is 18.1. The third-order valence-corrected chi connectivity index (χ3v) is 4.53. The molecule has 6 heteroatoms. The van der Waals surface area contributed by atoms with Gasteiger partial charge in [0.05, 0.1) is 6.20 Å². The molecule has 0 radical (unpaired) electrons. The molecule has 1 unspecified atom stereocenters. The zero-order valence-electron chi connectivity index (χ0n) is 14.2. The van der Waals surface area contributed by atoms with Gasteiger partial charge in [-0.1, -0.05) is 6.92 Å². The number of aromatic amines is 1. The van der Waals surface area contributed by atoms with Crippen molar-refractivity contribution >= 4 is 17.3 Å². The molecule has 2 aromatic heterocycles. The lowest BCUT2D eigenvalue weighted by Crippen LogP contribution is -2.38. The highest BCUT2D eigenvalue weighted by molar-refractivity contribution is 7.07. The normalized spacial score (nSPS) is 13.1. The molecule has 0 saturated heterocycles. The lowest BCUT2D eigenvalue weighted by molar-refractivity contribution is 0.724. The molecule has 0 aliphatic heterocycles. The van der Waals surface area contributed by atoms with Gasteiger partial charge < -0.3 is 10.6 Å². The Morgan fingerprint density at radius 3 is 2.96 bits per heavy atom. The van der Waals surface area contributed by atoms with Gasteiger partial charge >= 0.3 is 0 Å². The third-order valence-electron chi connectivity index (χ3n) is 3.83. The van der Waals surface area contributed by atoms with Crippen molar-refractivity contribution in [2.45, 2.75) is 39.5 Å². The van der Waals surface area contributed by atoms with Crippen LogP contribution in [0, 0.1) is 6.92 Å². The van der Waals surface area contributed by atoms with E-state index in [9.17, 15) is 0 Å². The Bertz CT molecular complexity index is 588. The first-order valence-electron chi connectivity index (χ1n) is 8.23. The molecule has 1 atom stereocenters. The van der Waals surface area contributed by atoms with E-state index in [4.69, 9.17) is 4.99 Å².